The summed E-state index contributed by atoms with van der Waals surface area (Å²) in [7, 11) is 0. The van der Waals surface area contributed by atoms with Crippen molar-refractivity contribution in [3.05, 3.63) is 15.6 Å². The molecule has 0 bridgehead atoms. The van der Waals surface area contributed by atoms with Crippen LogP contribution in [0.5, 0.6) is 0 Å². The van der Waals surface area contributed by atoms with E-state index in [0.29, 0.717) is 12.8 Å². The molecule has 98 valence electrons. The Morgan fingerprint density at radius 2 is 2.28 bits per heavy atom. The summed E-state index contributed by atoms with van der Waals surface area (Å²) >= 11 is 1.59. The zero-order chi connectivity index (χ0) is 13.3. The molecule has 0 radical (unpaired) electrons. The van der Waals surface area contributed by atoms with Crippen molar-refractivity contribution in [2.45, 2.75) is 45.7 Å². The summed E-state index contributed by atoms with van der Waals surface area (Å²) in [4.78, 5) is 28.4. The van der Waals surface area contributed by atoms with E-state index in [2.05, 4.69) is 15.6 Å². The second kappa shape index (κ2) is 5.06. The highest BCUT2D eigenvalue weighted by atomic mass is 32.1. The van der Waals surface area contributed by atoms with E-state index < -0.39 is 0 Å². The van der Waals surface area contributed by atoms with Crippen LogP contribution >= 0.6 is 11.3 Å². The Bertz CT molecular complexity index is 484. The van der Waals surface area contributed by atoms with Gasteiger partial charge in [-0.1, -0.05) is 0 Å². The van der Waals surface area contributed by atoms with Crippen molar-refractivity contribution in [2.24, 2.45) is 0 Å². The molecule has 6 heteroatoms. The highest BCUT2D eigenvalue weighted by Gasteiger charge is 2.28. The van der Waals surface area contributed by atoms with E-state index >= 15 is 0 Å². The SMILES string of the molecule is Cc1nc(C)c(C(C)NC(=O)C2CCC(=O)N2)s1. The van der Waals surface area contributed by atoms with Crippen molar-refractivity contribution in [3.8, 4) is 0 Å². The molecule has 2 atom stereocenters. The maximum absolute atomic E-state index is 12.0. The van der Waals surface area contributed by atoms with Gasteiger partial charge in [0.1, 0.15) is 6.04 Å². The highest BCUT2D eigenvalue weighted by molar-refractivity contribution is 7.11. The molecule has 18 heavy (non-hydrogen) atoms. The standard InChI is InChI=1S/C12H17N3O2S/c1-6-11(18-8(3)13-6)7(2)14-12(17)9-4-5-10(16)15-9/h7,9H,4-5H2,1-3H3,(H,14,17)(H,15,16). The van der Waals surface area contributed by atoms with Crippen LogP contribution in [0.1, 0.15) is 41.4 Å². The van der Waals surface area contributed by atoms with Crippen LogP contribution in [-0.2, 0) is 9.59 Å². The molecule has 1 saturated heterocycles. The predicted octanol–water partition coefficient (Wildman–Crippen LogP) is 1.22. The lowest BCUT2D eigenvalue weighted by atomic mass is 10.2. The molecule has 2 heterocycles. The van der Waals surface area contributed by atoms with Gasteiger partial charge in [-0.15, -0.1) is 11.3 Å². The van der Waals surface area contributed by atoms with E-state index in [0.717, 1.165) is 15.6 Å². The third kappa shape index (κ3) is 2.69. The molecule has 1 aliphatic rings. The largest absolute Gasteiger partial charge is 0.347 e. The molecule has 2 amide bonds. The van der Waals surface area contributed by atoms with Crippen LogP contribution in [-0.4, -0.2) is 22.8 Å². The molecule has 1 aromatic rings. The molecule has 2 unspecified atom stereocenters. The lowest BCUT2D eigenvalue weighted by Crippen LogP contribution is -2.42. The van der Waals surface area contributed by atoms with Gasteiger partial charge in [0.15, 0.2) is 0 Å². The summed E-state index contributed by atoms with van der Waals surface area (Å²) in [6.45, 7) is 5.83. The second-order valence-electron chi connectivity index (χ2n) is 4.57. The van der Waals surface area contributed by atoms with Crippen LogP contribution in [0.2, 0.25) is 0 Å². The van der Waals surface area contributed by atoms with Gasteiger partial charge in [0.05, 0.1) is 16.7 Å². The van der Waals surface area contributed by atoms with E-state index in [-0.39, 0.29) is 23.9 Å². The molecular weight excluding hydrogens is 250 g/mol. The zero-order valence-electron chi connectivity index (χ0n) is 10.7. The quantitative estimate of drug-likeness (QED) is 0.865. The van der Waals surface area contributed by atoms with Gasteiger partial charge >= 0.3 is 0 Å². The summed E-state index contributed by atoms with van der Waals surface area (Å²) < 4.78 is 0. The first kappa shape index (κ1) is 13.0. The van der Waals surface area contributed by atoms with Crippen LogP contribution < -0.4 is 10.6 Å². The first-order chi connectivity index (χ1) is 8.47. The molecule has 2 N–H and O–H groups in total. The molecule has 1 aliphatic heterocycles. The molecule has 2 rings (SSSR count). The minimum Gasteiger partial charge on any atom is -0.347 e. The van der Waals surface area contributed by atoms with Crippen LogP contribution in [0.25, 0.3) is 0 Å². The van der Waals surface area contributed by atoms with Crippen molar-refractivity contribution in [3.63, 3.8) is 0 Å². The van der Waals surface area contributed by atoms with Crippen molar-refractivity contribution >= 4 is 23.2 Å². The summed E-state index contributed by atoms with van der Waals surface area (Å²) in [5.74, 6) is -0.161. The molecular formula is C12H17N3O2S. The van der Waals surface area contributed by atoms with Gasteiger partial charge in [-0.2, -0.15) is 0 Å². The minimum absolute atomic E-state index is 0.0485. The van der Waals surface area contributed by atoms with Crippen LogP contribution in [0.15, 0.2) is 0 Å². The van der Waals surface area contributed by atoms with E-state index in [9.17, 15) is 9.59 Å². The van der Waals surface area contributed by atoms with Gasteiger partial charge in [0, 0.05) is 11.3 Å². The second-order valence-corrected chi connectivity index (χ2v) is 5.81. The summed E-state index contributed by atoms with van der Waals surface area (Å²) in [5, 5.41) is 6.59. The van der Waals surface area contributed by atoms with Gasteiger partial charge in [-0.3, -0.25) is 9.59 Å². The number of amides is 2. The Balaban J connectivity index is 1.99. The average Bonchev–Trinajstić information content (AvgIpc) is 2.84. The average molecular weight is 267 g/mol. The first-order valence-corrected chi connectivity index (χ1v) is 6.82. The Hall–Kier alpha value is -1.43. The molecule has 0 saturated carbocycles. The van der Waals surface area contributed by atoms with Gasteiger partial charge in [0.2, 0.25) is 11.8 Å². The molecule has 1 fully saturated rings. The van der Waals surface area contributed by atoms with E-state index in [1.165, 1.54) is 0 Å². The van der Waals surface area contributed by atoms with E-state index in [1.807, 2.05) is 20.8 Å². The summed E-state index contributed by atoms with van der Waals surface area (Å²) in [5.41, 5.74) is 0.959. The molecule has 5 nitrogen and oxygen atoms in total. The fourth-order valence-electron chi connectivity index (χ4n) is 2.14. The van der Waals surface area contributed by atoms with Gasteiger partial charge < -0.3 is 10.6 Å². The Labute approximate surface area is 110 Å². The molecule has 1 aromatic heterocycles. The normalized spacial score (nSPS) is 20.6. The smallest absolute Gasteiger partial charge is 0.243 e. The Morgan fingerprint density at radius 3 is 2.78 bits per heavy atom. The minimum atomic E-state index is -0.380. The van der Waals surface area contributed by atoms with Crippen LogP contribution in [0.3, 0.4) is 0 Å². The number of carbonyl (C=O) groups is 2. The number of carbonyl (C=O) groups excluding carboxylic acids is 2. The van der Waals surface area contributed by atoms with Crippen LogP contribution in [0.4, 0.5) is 0 Å². The third-order valence-corrected chi connectivity index (χ3v) is 4.26. The first-order valence-electron chi connectivity index (χ1n) is 6.01. The highest BCUT2D eigenvalue weighted by Crippen LogP contribution is 2.24. The van der Waals surface area contributed by atoms with Gasteiger partial charge in [-0.05, 0) is 27.2 Å². The number of nitrogens with zero attached hydrogens (tertiary/aromatic N) is 1. The predicted molar refractivity (Wildman–Crippen MR) is 69.3 cm³/mol. The zero-order valence-corrected chi connectivity index (χ0v) is 11.6. The number of aromatic nitrogens is 1. The van der Waals surface area contributed by atoms with Gasteiger partial charge in [-0.25, -0.2) is 4.98 Å². The summed E-state index contributed by atoms with van der Waals surface area (Å²) in [6.07, 6.45) is 1.02. The molecule has 0 aromatic carbocycles. The lowest BCUT2D eigenvalue weighted by Gasteiger charge is -2.16. The van der Waals surface area contributed by atoms with Gasteiger partial charge in [0.25, 0.3) is 0 Å². The van der Waals surface area contributed by atoms with E-state index in [4.69, 9.17) is 0 Å². The third-order valence-electron chi connectivity index (χ3n) is 3.00. The van der Waals surface area contributed by atoms with Crippen molar-refractivity contribution in [1.82, 2.24) is 15.6 Å². The van der Waals surface area contributed by atoms with Crippen molar-refractivity contribution in [1.29, 1.82) is 0 Å². The maximum atomic E-state index is 12.0. The van der Waals surface area contributed by atoms with Crippen molar-refractivity contribution in [2.75, 3.05) is 0 Å². The maximum Gasteiger partial charge on any atom is 0.243 e. The van der Waals surface area contributed by atoms with Crippen molar-refractivity contribution < 1.29 is 9.59 Å². The number of thiazole rings is 1. The van der Waals surface area contributed by atoms with Crippen LogP contribution in [0, 0.1) is 13.8 Å². The Kier molecular flexibility index (Phi) is 3.65. The topological polar surface area (TPSA) is 71.1 Å². The monoisotopic (exact) mass is 267 g/mol. The molecule has 0 aliphatic carbocycles. The lowest BCUT2D eigenvalue weighted by molar-refractivity contribution is -0.126. The fraction of sp³-hybridized carbons (Fsp3) is 0.583. The Morgan fingerprint density at radius 1 is 1.56 bits per heavy atom. The molecule has 0 spiro atoms. The number of nitrogens with one attached hydrogen (secondary N) is 2. The number of aryl methyl sites for hydroxylation is 2. The van der Waals surface area contributed by atoms with E-state index in [1.54, 1.807) is 11.3 Å². The number of rotatable bonds is 3. The number of hydrogen-bond acceptors (Lipinski definition) is 4. The number of hydrogen-bond donors (Lipinski definition) is 2. The fourth-order valence-corrected chi connectivity index (χ4v) is 3.07. The summed E-state index contributed by atoms with van der Waals surface area (Å²) in [6, 6.07) is -0.449.